The van der Waals surface area contributed by atoms with Crippen molar-refractivity contribution in [3.8, 4) is 0 Å². The summed E-state index contributed by atoms with van der Waals surface area (Å²) in [6.07, 6.45) is 0.463. The van der Waals surface area contributed by atoms with E-state index in [-0.39, 0.29) is 18.5 Å². The zero-order valence-corrected chi connectivity index (χ0v) is 17.6. The molecule has 158 valence electrons. The highest BCUT2D eigenvalue weighted by Gasteiger charge is 2.55. The number of hydrogen-bond acceptors (Lipinski definition) is 4. The van der Waals surface area contributed by atoms with Crippen molar-refractivity contribution in [1.82, 2.24) is 9.88 Å². The summed E-state index contributed by atoms with van der Waals surface area (Å²) in [5.41, 5.74) is 3.20. The molecule has 0 aliphatic carbocycles. The van der Waals surface area contributed by atoms with Gasteiger partial charge in [-0.3, -0.25) is 4.79 Å². The van der Waals surface area contributed by atoms with Crippen LogP contribution in [0.15, 0.2) is 48.5 Å². The van der Waals surface area contributed by atoms with E-state index in [2.05, 4.69) is 4.98 Å². The van der Waals surface area contributed by atoms with Crippen molar-refractivity contribution < 1.29 is 19.1 Å². The number of nitrogens with zero attached hydrogens (tertiary/aromatic N) is 2. The number of imide groups is 1. The average Bonchev–Trinajstić information content (AvgIpc) is 3.25. The summed E-state index contributed by atoms with van der Waals surface area (Å²) in [4.78, 5) is 45.1. The van der Waals surface area contributed by atoms with Crippen LogP contribution >= 0.6 is 0 Å². The number of aromatic amines is 1. The van der Waals surface area contributed by atoms with Gasteiger partial charge >= 0.3 is 12.0 Å². The molecule has 2 aromatic carbocycles. The van der Waals surface area contributed by atoms with Crippen molar-refractivity contribution in [2.24, 2.45) is 0 Å². The number of benzene rings is 2. The second kappa shape index (κ2) is 6.70. The molecule has 2 aliphatic heterocycles. The normalized spacial score (nSPS) is 19.5. The highest BCUT2D eigenvalue weighted by molar-refractivity contribution is 6.22. The van der Waals surface area contributed by atoms with E-state index in [0.29, 0.717) is 17.7 Å². The van der Waals surface area contributed by atoms with E-state index in [0.717, 1.165) is 22.2 Å². The van der Waals surface area contributed by atoms with E-state index in [1.54, 1.807) is 36.1 Å². The number of nitrogens with one attached hydrogen (secondary N) is 1. The Bertz CT molecular complexity index is 1230. The topological polar surface area (TPSA) is 82.7 Å². The smallest absolute Gasteiger partial charge is 0.338 e. The zero-order chi connectivity index (χ0) is 21.9. The van der Waals surface area contributed by atoms with Gasteiger partial charge in [0.25, 0.3) is 5.91 Å². The van der Waals surface area contributed by atoms with Crippen molar-refractivity contribution in [3.05, 3.63) is 65.4 Å². The standard InChI is InChI=1S/C24H23N3O4/c1-4-31-22(29)14-9-11-15(12-10-14)26-21(28)19-13-17-16-7-5-6-8-18(16)25-20(17)24(2,3)27(19)23(26)30/h5-12,19,25H,4,13H2,1-3H3/t19-/m1/s1. The predicted molar refractivity (Wildman–Crippen MR) is 116 cm³/mol. The number of urea groups is 1. The van der Waals surface area contributed by atoms with Crippen molar-refractivity contribution in [2.45, 2.75) is 38.8 Å². The molecule has 0 bridgehead atoms. The van der Waals surface area contributed by atoms with E-state index in [1.807, 2.05) is 38.1 Å². The minimum atomic E-state index is -0.677. The Morgan fingerprint density at radius 1 is 1.13 bits per heavy atom. The van der Waals surface area contributed by atoms with E-state index in [4.69, 9.17) is 4.74 Å². The number of H-pyrrole nitrogens is 1. The first-order valence-corrected chi connectivity index (χ1v) is 10.4. The molecule has 3 heterocycles. The Balaban J connectivity index is 1.53. The largest absolute Gasteiger partial charge is 0.462 e. The number of hydrogen-bond donors (Lipinski definition) is 1. The maximum Gasteiger partial charge on any atom is 0.338 e. The highest BCUT2D eigenvalue weighted by Crippen LogP contribution is 2.45. The Labute approximate surface area is 179 Å². The number of esters is 1. The van der Waals surface area contributed by atoms with Gasteiger partial charge in [0.15, 0.2) is 0 Å². The molecular formula is C24H23N3O4. The Morgan fingerprint density at radius 2 is 1.84 bits per heavy atom. The van der Waals surface area contributed by atoms with Crippen LogP contribution in [-0.2, 0) is 21.5 Å². The molecule has 1 N–H and O–H groups in total. The molecule has 5 rings (SSSR count). The van der Waals surface area contributed by atoms with Crippen LogP contribution in [0, 0.1) is 0 Å². The molecule has 3 aromatic rings. The van der Waals surface area contributed by atoms with E-state index < -0.39 is 17.6 Å². The summed E-state index contributed by atoms with van der Waals surface area (Å²) in [6.45, 7) is 5.95. The van der Waals surface area contributed by atoms with Crippen molar-refractivity contribution in [3.63, 3.8) is 0 Å². The van der Waals surface area contributed by atoms with Crippen molar-refractivity contribution >= 4 is 34.5 Å². The first-order chi connectivity index (χ1) is 14.8. The number of para-hydroxylation sites is 1. The maximum atomic E-state index is 13.4. The van der Waals surface area contributed by atoms with Crippen LogP contribution in [0.3, 0.4) is 0 Å². The summed E-state index contributed by atoms with van der Waals surface area (Å²) in [5, 5.41) is 1.09. The van der Waals surface area contributed by atoms with Crippen LogP contribution in [0.5, 0.6) is 0 Å². The molecule has 0 spiro atoms. The van der Waals surface area contributed by atoms with E-state index >= 15 is 0 Å². The molecule has 0 radical (unpaired) electrons. The Hall–Kier alpha value is -3.61. The minimum absolute atomic E-state index is 0.252. The second-order valence-electron chi connectivity index (χ2n) is 8.40. The fourth-order valence-electron chi connectivity index (χ4n) is 4.85. The fraction of sp³-hybridized carbons (Fsp3) is 0.292. The minimum Gasteiger partial charge on any atom is -0.462 e. The number of anilines is 1. The van der Waals surface area contributed by atoms with Crippen LogP contribution < -0.4 is 4.90 Å². The quantitative estimate of drug-likeness (QED) is 0.516. The maximum absolute atomic E-state index is 13.4. The number of ether oxygens (including phenoxy) is 1. The van der Waals surface area contributed by atoms with Gasteiger partial charge in [-0.05, 0) is 56.7 Å². The van der Waals surface area contributed by atoms with Gasteiger partial charge in [-0.25, -0.2) is 14.5 Å². The van der Waals surface area contributed by atoms with Gasteiger partial charge < -0.3 is 14.6 Å². The third-order valence-electron chi connectivity index (χ3n) is 6.28. The third-order valence-corrected chi connectivity index (χ3v) is 6.28. The molecule has 0 unspecified atom stereocenters. The number of aromatic nitrogens is 1. The zero-order valence-electron chi connectivity index (χ0n) is 17.6. The van der Waals surface area contributed by atoms with Crippen LogP contribution in [0.1, 0.15) is 42.4 Å². The highest BCUT2D eigenvalue weighted by atomic mass is 16.5. The number of carbonyl (C=O) groups is 3. The molecule has 31 heavy (non-hydrogen) atoms. The summed E-state index contributed by atoms with van der Waals surface area (Å²) < 4.78 is 5.00. The lowest BCUT2D eigenvalue weighted by Crippen LogP contribution is -2.52. The van der Waals surface area contributed by atoms with Gasteiger partial charge in [-0.15, -0.1) is 0 Å². The summed E-state index contributed by atoms with van der Waals surface area (Å²) in [7, 11) is 0. The molecule has 1 aromatic heterocycles. The predicted octanol–water partition coefficient (Wildman–Crippen LogP) is 3.97. The molecular weight excluding hydrogens is 394 g/mol. The molecule has 3 amide bonds. The molecule has 1 saturated heterocycles. The summed E-state index contributed by atoms with van der Waals surface area (Å²) in [6, 6.07) is 13.5. The second-order valence-corrected chi connectivity index (χ2v) is 8.40. The van der Waals surface area contributed by atoms with Crippen LogP contribution in [-0.4, -0.2) is 40.4 Å². The monoisotopic (exact) mass is 417 g/mol. The van der Waals surface area contributed by atoms with Gasteiger partial charge in [-0.2, -0.15) is 0 Å². The van der Waals surface area contributed by atoms with Gasteiger partial charge in [0.05, 0.1) is 23.4 Å². The first kappa shape index (κ1) is 19.4. The van der Waals surface area contributed by atoms with Crippen LogP contribution in [0.25, 0.3) is 10.9 Å². The first-order valence-electron chi connectivity index (χ1n) is 10.4. The van der Waals surface area contributed by atoms with Gasteiger partial charge in [0, 0.05) is 23.0 Å². The number of fused-ring (bicyclic) bond motifs is 4. The number of carbonyl (C=O) groups excluding carboxylic acids is 3. The van der Waals surface area contributed by atoms with Gasteiger partial charge in [0.2, 0.25) is 0 Å². The molecule has 2 aliphatic rings. The van der Waals surface area contributed by atoms with Crippen molar-refractivity contribution in [1.29, 1.82) is 0 Å². The Morgan fingerprint density at radius 3 is 2.55 bits per heavy atom. The molecule has 7 heteroatoms. The Kier molecular flexibility index (Phi) is 4.18. The van der Waals surface area contributed by atoms with Crippen LogP contribution in [0.2, 0.25) is 0 Å². The fourth-order valence-corrected chi connectivity index (χ4v) is 4.85. The van der Waals surface area contributed by atoms with Crippen molar-refractivity contribution in [2.75, 3.05) is 11.5 Å². The van der Waals surface area contributed by atoms with E-state index in [9.17, 15) is 14.4 Å². The molecule has 1 fully saturated rings. The van der Waals surface area contributed by atoms with Gasteiger partial charge in [0.1, 0.15) is 6.04 Å². The lowest BCUT2D eigenvalue weighted by Gasteiger charge is -2.42. The summed E-state index contributed by atoms with van der Waals surface area (Å²) in [5.74, 6) is -0.685. The molecule has 0 saturated carbocycles. The van der Waals surface area contributed by atoms with Crippen LogP contribution in [0.4, 0.5) is 10.5 Å². The van der Waals surface area contributed by atoms with E-state index in [1.165, 1.54) is 4.90 Å². The SMILES string of the molecule is CCOC(=O)c1ccc(N2C(=O)[C@H]3Cc4c([nH]c5ccccc45)C(C)(C)N3C2=O)cc1. The number of rotatable bonds is 3. The molecule has 1 atom stereocenters. The lowest BCUT2D eigenvalue weighted by molar-refractivity contribution is -0.121. The molecule has 7 nitrogen and oxygen atoms in total. The lowest BCUT2D eigenvalue weighted by atomic mass is 9.85. The van der Waals surface area contributed by atoms with Gasteiger partial charge in [-0.1, -0.05) is 18.2 Å². The number of amides is 3. The third kappa shape index (κ3) is 2.69. The average molecular weight is 417 g/mol. The summed E-state index contributed by atoms with van der Waals surface area (Å²) >= 11 is 0.